The van der Waals surface area contributed by atoms with Crippen molar-refractivity contribution in [1.82, 2.24) is 15.0 Å². The Morgan fingerprint density at radius 3 is 2.80 bits per heavy atom. The molecular formula is C13H11N5OS. The molecule has 0 aliphatic carbocycles. The Labute approximate surface area is 119 Å². The Bertz CT molecular complexity index is 765. The molecule has 0 radical (unpaired) electrons. The maximum atomic E-state index is 7.44. The molecule has 0 amide bonds. The van der Waals surface area contributed by atoms with E-state index in [2.05, 4.69) is 15.0 Å². The van der Waals surface area contributed by atoms with Crippen LogP contribution in [0.3, 0.4) is 0 Å². The van der Waals surface area contributed by atoms with Crippen LogP contribution in [0.2, 0.25) is 0 Å². The van der Waals surface area contributed by atoms with Gasteiger partial charge in [0.25, 0.3) is 5.22 Å². The van der Waals surface area contributed by atoms with Gasteiger partial charge in [-0.3, -0.25) is 5.41 Å². The topological polar surface area (TPSA) is 102 Å². The lowest BCUT2D eigenvalue weighted by Gasteiger charge is -2.02. The van der Waals surface area contributed by atoms with E-state index in [1.807, 2.05) is 31.2 Å². The first-order chi connectivity index (χ1) is 9.61. The van der Waals surface area contributed by atoms with Crippen molar-refractivity contribution < 1.29 is 4.42 Å². The monoisotopic (exact) mass is 285 g/mol. The van der Waals surface area contributed by atoms with Crippen LogP contribution in [-0.4, -0.2) is 20.8 Å². The smallest absolute Gasteiger partial charge is 0.264 e. The lowest BCUT2D eigenvalue weighted by molar-refractivity contribution is 0.488. The number of nitrogens with one attached hydrogen (secondary N) is 1. The molecule has 0 spiro atoms. The molecule has 100 valence electrons. The fraction of sp³-hybridized carbons (Fsp3) is 0.0769. The van der Waals surface area contributed by atoms with E-state index < -0.39 is 0 Å². The summed E-state index contributed by atoms with van der Waals surface area (Å²) in [7, 11) is 0. The largest absolute Gasteiger partial charge is 0.431 e. The third-order valence-electron chi connectivity index (χ3n) is 2.56. The summed E-state index contributed by atoms with van der Waals surface area (Å²) in [6.45, 7) is 1.82. The summed E-state index contributed by atoms with van der Waals surface area (Å²) < 4.78 is 5.60. The molecule has 0 saturated carbocycles. The van der Waals surface area contributed by atoms with Gasteiger partial charge >= 0.3 is 0 Å². The van der Waals surface area contributed by atoms with E-state index in [4.69, 9.17) is 15.6 Å². The zero-order valence-corrected chi connectivity index (χ0v) is 11.4. The van der Waals surface area contributed by atoms with Crippen LogP contribution in [0.15, 0.2) is 45.1 Å². The molecule has 6 nitrogen and oxygen atoms in total. The van der Waals surface area contributed by atoms with E-state index in [0.717, 1.165) is 16.8 Å². The van der Waals surface area contributed by atoms with Gasteiger partial charge in [-0.05, 0) is 25.1 Å². The van der Waals surface area contributed by atoms with Crippen LogP contribution in [0.1, 0.15) is 11.4 Å². The molecule has 20 heavy (non-hydrogen) atoms. The minimum atomic E-state index is -0.0880. The second-order valence-corrected chi connectivity index (χ2v) is 5.06. The Balaban J connectivity index is 1.96. The maximum absolute atomic E-state index is 7.44. The maximum Gasteiger partial charge on any atom is 0.264 e. The van der Waals surface area contributed by atoms with Gasteiger partial charge < -0.3 is 10.2 Å². The van der Waals surface area contributed by atoms with Crippen LogP contribution >= 0.6 is 11.8 Å². The fourth-order valence-corrected chi connectivity index (χ4v) is 2.46. The highest BCUT2D eigenvalue weighted by molar-refractivity contribution is 7.98. The molecule has 3 N–H and O–H groups in total. The van der Waals surface area contributed by atoms with Gasteiger partial charge in [-0.25, -0.2) is 15.0 Å². The summed E-state index contributed by atoms with van der Waals surface area (Å²) in [5.74, 6) is -0.0880. The van der Waals surface area contributed by atoms with Gasteiger partial charge in [-0.1, -0.05) is 12.1 Å². The number of nitrogens with zero attached hydrogens (tertiary/aromatic N) is 3. The standard InChI is InChI=1S/C13H11N5OS/c1-7-6-9(11(14)15)17-12(16-7)20-13-18-8-4-2-3-5-10(8)19-13/h2-6H,1H3,(H3,14,15). The van der Waals surface area contributed by atoms with Gasteiger partial charge in [-0.2, -0.15) is 0 Å². The molecule has 1 aromatic carbocycles. The molecule has 2 heterocycles. The van der Waals surface area contributed by atoms with E-state index in [-0.39, 0.29) is 5.84 Å². The Morgan fingerprint density at radius 1 is 1.25 bits per heavy atom. The Morgan fingerprint density at radius 2 is 2.05 bits per heavy atom. The number of para-hydroxylation sites is 2. The quantitative estimate of drug-likeness (QED) is 0.435. The van der Waals surface area contributed by atoms with Gasteiger partial charge in [0.2, 0.25) is 0 Å². The predicted molar refractivity (Wildman–Crippen MR) is 75.9 cm³/mol. The molecule has 0 atom stereocenters. The molecule has 0 fully saturated rings. The number of nitrogens with two attached hydrogens (primary N) is 1. The van der Waals surface area contributed by atoms with Crippen molar-refractivity contribution in [2.24, 2.45) is 5.73 Å². The molecular weight excluding hydrogens is 274 g/mol. The summed E-state index contributed by atoms with van der Waals surface area (Å²) >= 11 is 1.21. The highest BCUT2D eigenvalue weighted by atomic mass is 32.2. The summed E-state index contributed by atoms with van der Waals surface area (Å²) in [5.41, 5.74) is 8.09. The number of benzene rings is 1. The van der Waals surface area contributed by atoms with Crippen LogP contribution in [-0.2, 0) is 0 Å². The van der Waals surface area contributed by atoms with E-state index in [0.29, 0.717) is 16.1 Å². The first-order valence-electron chi connectivity index (χ1n) is 5.85. The van der Waals surface area contributed by atoms with Crippen LogP contribution in [0.25, 0.3) is 11.1 Å². The molecule has 2 aromatic heterocycles. The van der Waals surface area contributed by atoms with Gasteiger partial charge in [0.1, 0.15) is 17.0 Å². The van der Waals surface area contributed by atoms with Gasteiger partial charge in [-0.15, -0.1) is 0 Å². The lowest BCUT2D eigenvalue weighted by Crippen LogP contribution is -2.14. The summed E-state index contributed by atoms with van der Waals surface area (Å²) in [4.78, 5) is 12.8. The van der Waals surface area contributed by atoms with E-state index in [9.17, 15) is 0 Å². The van der Waals surface area contributed by atoms with Crippen molar-refractivity contribution >= 4 is 28.7 Å². The Kier molecular flexibility index (Phi) is 3.11. The number of rotatable bonds is 3. The number of hydrogen-bond donors (Lipinski definition) is 2. The van der Waals surface area contributed by atoms with E-state index >= 15 is 0 Å². The third kappa shape index (κ3) is 2.48. The first kappa shape index (κ1) is 12.6. The SMILES string of the molecule is Cc1cc(C(=N)N)nc(Sc2nc3ccccc3o2)n1. The summed E-state index contributed by atoms with van der Waals surface area (Å²) in [6, 6.07) is 9.18. The second kappa shape index (κ2) is 4.93. The van der Waals surface area contributed by atoms with Gasteiger partial charge in [0.05, 0.1) is 0 Å². The fourth-order valence-electron chi connectivity index (χ4n) is 1.70. The molecule has 0 aliphatic rings. The summed E-state index contributed by atoms with van der Waals surface area (Å²) in [5, 5.41) is 8.36. The first-order valence-corrected chi connectivity index (χ1v) is 6.67. The molecule has 7 heteroatoms. The number of hydrogen-bond acceptors (Lipinski definition) is 6. The average molecular weight is 285 g/mol. The minimum Gasteiger partial charge on any atom is -0.431 e. The van der Waals surface area contributed by atoms with Gasteiger partial charge in [0, 0.05) is 17.5 Å². The lowest BCUT2D eigenvalue weighted by atomic mass is 10.3. The number of amidine groups is 1. The zero-order valence-electron chi connectivity index (χ0n) is 10.6. The molecule has 0 unspecified atom stereocenters. The third-order valence-corrected chi connectivity index (χ3v) is 3.28. The van der Waals surface area contributed by atoms with E-state index in [1.165, 1.54) is 11.8 Å². The van der Waals surface area contributed by atoms with Crippen molar-refractivity contribution in [2.75, 3.05) is 0 Å². The number of aryl methyl sites for hydroxylation is 1. The van der Waals surface area contributed by atoms with Crippen molar-refractivity contribution in [1.29, 1.82) is 5.41 Å². The molecule has 3 rings (SSSR count). The van der Waals surface area contributed by atoms with Crippen LogP contribution in [0.4, 0.5) is 0 Å². The normalized spacial score (nSPS) is 10.8. The van der Waals surface area contributed by atoms with Crippen molar-refractivity contribution in [3.8, 4) is 0 Å². The van der Waals surface area contributed by atoms with Crippen molar-refractivity contribution in [3.05, 3.63) is 41.7 Å². The number of oxazole rings is 1. The van der Waals surface area contributed by atoms with Crippen molar-refractivity contribution in [2.45, 2.75) is 17.3 Å². The molecule has 0 saturated heterocycles. The summed E-state index contributed by atoms with van der Waals surface area (Å²) in [6.07, 6.45) is 0. The van der Waals surface area contributed by atoms with Crippen LogP contribution in [0.5, 0.6) is 0 Å². The van der Waals surface area contributed by atoms with Crippen LogP contribution in [0, 0.1) is 12.3 Å². The average Bonchev–Trinajstić information content (AvgIpc) is 2.79. The zero-order chi connectivity index (χ0) is 14.1. The van der Waals surface area contributed by atoms with Crippen molar-refractivity contribution in [3.63, 3.8) is 0 Å². The van der Waals surface area contributed by atoms with Gasteiger partial charge in [0.15, 0.2) is 10.7 Å². The number of aromatic nitrogens is 3. The highest BCUT2D eigenvalue weighted by Gasteiger charge is 2.11. The second-order valence-electron chi connectivity index (χ2n) is 4.14. The molecule has 0 aliphatic heterocycles. The number of nitrogen functional groups attached to an aromatic ring is 1. The Hall–Kier alpha value is -2.41. The molecule has 3 aromatic rings. The number of fused-ring (bicyclic) bond motifs is 1. The molecule has 0 bridgehead atoms. The minimum absolute atomic E-state index is 0.0880. The van der Waals surface area contributed by atoms with Crippen LogP contribution < -0.4 is 5.73 Å². The highest BCUT2D eigenvalue weighted by Crippen LogP contribution is 2.27. The predicted octanol–water partition coefficient (Wildman–Crippen LogP) is 2.36. The van der Waals surface area contributed by atoms with E-state index in [1.54, 1.807) is 6.07 Å².